The number of hydrogen-bond donors (Lipinski definition) is 0. The molecule has 0 aliphatic carbocycles. The first kappa shape index (κ1) is 35.8. The summed E-state index contributed by atoms with van der Waals surface area (Å²) in [6.07, 6.45) is 7.95. The van der Waals surface area contributed by atoms with Crippen molar-refractivity contribution in [2.75, 3.05) is 0 Å². The van der Waals surface area contributed by atoms with Crippen LogP contribution in [0.1, 0.15) is 127 Å². The molecule has 0 saturated carbocycles. The maximum atomic E-state index is 7.21. The summed E-state index contributed by atoms with van der Waals surface area (Å²) in [5, 5.41) is 0. The standard InChI is InChI=1S/C42H59OP/c1-14-15-16-32-20-22-34(36(26-32)40(5,6)7)28-44(43-39-24-18-31(4)25-38(39)42(11,12)13)29-35-23-21-33(19-17-30(2)3)27-37(35)41(8,9)10/h14,18,20-27H,1-2,15-17,19,28-29H2,3-13H3. The Labute approximate surface area is 272 Å². The molecule has 0 aromatic heterocycles. The molecule has 1 nitrogen and oxygen atoms in total. The van der Waals surface area contributed by atoms with Crippen molar-refractivity contribution in [3.05, 3.63) is 124 Å². The molecular weight excluding hydrogens is 551 g/mol. The topological polar surface area (TPSA) is 9.23 Å². The quantitative estimate of drug-likeness (QED) is 0.146. The van der Waals surface area contributed by atoms with Crippen LogP contribution in [0.5, 0.6) is 5.75 Å². The van der Waals surface area contributed by atoms with Crippen LogP contribution in [0.15, 0.2) is 79.4 Å². The lowest BCUT2D eigenvalue weighted by atomic mass is 9.82. The second kappa shape index (κ2) is 14.6. The molecule has 0 bridgehead atoms. The molecule has 0 spiro atoms. The van der Waals surface area contributed by atoms with Gasteiger partial charge in [-0.3, -0.25) is 0 Å². The fourth-order valence-electron chi connectivity index (χ4n) is 5.81. The first-order chi connectivity index (χ1) is 20.4. The summed E-state index contributed by atoms with van der Waals surface area (Å²) >= 11 is 0. The van der Waals surface area contributed by atoms with E-state index < -0.39 is 8.15 Å². The van der Waals surface area contributed by atoms with Crippen molar-refractivity contribution < 1.29 is 4.52 Å². The van der Waals surface area contributed by atoms with E-state index in [2.05, 4.69) is 144 Å². The van der Waals surface area contributed by atoms with Crippen LogP contribution in [0.4, 0.5) is 0 Å². The summed E-state index contributed by atoms with van der Waals surface area (Å²) < 4.78 is 7.21. The fraction of sp³-hybridized carbons (Fsp3) is 0.476. The van der Waals surface area contributed by atoms with E-state index in [0.29, 0.717) is 0 Å². The highest BCUT2D eigenvalue weighted by atomic mass is 31.1. The number of hydrogen-bond acceptors (Lipinski definition) is 1. The van der Waals surface area contributed by atoms with E-state index in [1.807, 2.05) is 6.08 Å². The molecule has 1 unspecified atom stereocenters. The summed E-state index contributed by atoms with van der Waals surface area (Å²) in [5.41, 5.74) is 12.3. The maximum absolute atomic E-state index is 7.21. The van der Waals surface area contributed by atoms with Crippen molar-refractivity contribution in [1.82, 2.24) is 0 Å². The Hall–Kier alpha value is -2.63. The van der Waals surface area contributed by atoms with Gasteiger partial charge in [0.15, 0.2) is 0 Å². The highest BCUT2D eigenvalue weighted by Crippen LogP contribution is 2.50. The minimum Gasteiger partial charge on any atom is -0.473 e. The van der Waals surface area contributed by atoms with Gasteiger partial charge in [-0.25, -0.2) is 0 Å². The molecule has 0 aliphatic heterocycles. The molecule has 2 heteroatoms. The molecule has 0 N–H and O–H groups in total. The molecule has 238 valence electrons. The second-order valence-electron chi connectivity index (χ2n) is 15.9. The Bertz CT molecular complexity index is 1440. The van der Waals surface area contributed by atoms with Gasteiger partial charge in [0, 0.05) is 17.9 Å². The molecule has 0 amide bonds. The SMILES string of the molecule is C=CCCc1ccc(CP(Cc2ccc(CCC(=C)C)cc2C(C)(C)C)Oc2ccc(C)cc2C(C)(C)C)c(C(C)(C)C)c1. The van der Waals surface area contributed by atoms with E-state index >= 15 is 0 Å². The van der Waals surface area contributed by atoms with Gasteiger partial charge < -0.3 is 4.52 Å². The summed E-state index contributed by atoms with van der Waals surface area (Å²) in [5.74, 6) is 1.03. The lowest BCUT2D eigenvalue weighted by Gasteiger charge is -2.30. The van der Waals surface area contributed by atoms with Crippen LogP contribution in [0.2, 0.25) is 0 Å². The molecule has 1 atom stereocenters. The Morgan fingerprint density at radius 2 is 1.20 bits per heavy atom. The van der Waals surface area contributed by atoms with Gasteiger partial charge in [0.25, 0.3) is 0 Å². The van der Waals surface area contributed by atoms with Crippen molar-refractivity contribution >= 4 is 8.15 Å². The van der Waals surface area contributed by atoms with Gasteiger partial charge >= 0.3 is 0 Å². The van der Waals surface area contributed by atoms with Gasteiger partial charge in [0.05, 0.1) is 8.15 Å². The average Bonchev–Trinajstić information content (AvgIpc) is 2.91. The highest BCUT2D eigenvalue weighted by molar-refractivity contribution is 7.51. The highest BCUT2D eigenvalue weighted by Gasteiger charge is 2.27. The van der Waals surface area contributed by atoms with Crippen LogP contribution >= 0.6 is 8.15 Å². The van der Waals surface area contributed by atoms with Gasteiger partial charge in [0.1, 0.15) is 5.75 Å². The van der Waals surface area contributed by atoms with Crippen LogP contribution in [0.25, 0.3) is 0 Å². The summed E-state index contributed by atoms with van der Waals surface area (Å²) in [4.78, 5) is 0. The maximum Gasteiger partial charge on any atom is 0.127 e. The van der Waals surface area contributed by atoms with E-state index in [1.54, 1.807) is 0 Å². The molecule has 0 fully saturated rings. The third-order valence-electron chi connectivity index (χ3n) is 8.31. The van der Waals surface area contributed by atoms with Crippen LogP contribution in [-0.4, -0.2) is 0 Å². The lowest BCUT2D eigenvalue weighted by Crippen LogP contribution is -2.17. The molecule has 0 heterocycles. The summed E-state index contributed by atoms with van der Waals surface area (Å²) in [6.45, 7) is 33.3. The average molecular weight is 611 g/mol. The zero-order valence-corrected chi connectivity index (χ0v) is 30.7. The third kappa shape index (κ3) is 10.2. The fourth-order valence-corrected chi connectivity index (χ4v) is 7.80. The van der Waals surface area contributed by atoms with Crippen molar-refractivity contribution in [1.29, 1.82) is 0 Å². The second-order valence-corrected chi connectivity index (χ2v) is 17.7. The third-order valence-corrected chi connectivity index (χ3v) is 10.1. The van der Waals surface area contributed by atoms with E-state index in [1.165, 1.54) is 50.1 Å². The number of aryl methyl sites for hydroxylation is 3. The smallest absolute Gasteiger partial charge is 0.127 e. The molecular formula is C42H59OP. The van der Waals surface area contributed by atoms with Gasteiger partial charge in [-0.15, -0.1) is 13.2 Å². The Morgan fingerprint density at radius 1 is 0.705 bits per heavy atom. The van der Waals surface area contributed by atoms with Gasteiger partial charge in [-0.2, -0.15) is 0 Å². The molecule has 3 aromatic carbocycles. The largest absolute Gasteiger partial charge is 0.473 e. The first-order valence-electron chi connectivity index (χ1n) is 16.4. The van der Waals surface area contributed by atoms with E-state index in [-0.39, 0.29) is 16.2 Å². The molecule has 44 heavy (non-hydrogen) atoms. The number of allylic oxidation sites excluding steroid dienone is 2. The Kier molecular flexibility index (Phi) is 11.9. The summed E-state index contributed by atoms with van der Waals surface area (Å²) in [7, 11) is -0.868. The van der Waals surface area contributed by atoms with E-state index in [9.17, 15) is 0 Å². The first-order valence-corrected chi connectivity index (χ1v) is 18.1. The van der Waals surface area contributed by atoms with Crippen molar-refractivity contribution in [3.63, 3.8) is 0 Å². The predicted octanol–water partition coefficient (Wildman–Crippen LogP) is 12.7. The predicted molar refractivity (Wildman–Crippen MR) is 197 cm³/mol. The monoisotopic (exact) mass is 610 g/mol. The lowest BCUT2D eigenvalue weighted by molar-refractivity contribution is 0.532. The van der Waals surface area contributed by atoms with Crippen LogP contribution in [-0.2, 0) is 41.4 Å². The molecule has 0 aliphatic rings. The molecule has 3 aromatic rings. The van der Waals surface area contributed by atoms with E-state index in [0.717, 1.165) is 43.8 Å². The molecule has 0 radical (unpaired) electrons. The minimum atomic E-state index is -0.868. The van der Waals surface area contributed by atoms with Gasteiger partial charge in [0.2, 0.25) is 0 Å². The zero-order chi connectivity index (χ0) is 32.9. The minimum absolute atomic E-state index is 0.00672. The van der Waals surface area contributed by atoms with Gasteiger partial charge in [-0.05, 0) is 95.2 Å². The Balaban J connectivity index is 2.12. The Morgan fingerprint density at radius 3 is 1.66 bits per heavy atom. The molecule has 3 rings (SSSR count). The summed E-state index contributed by atoms with van der Waals surface area (Å²) in [6, 6.07) is 21.0. The normalized spacial score (nSPS) is 13.1. The van der Waals surface area contributed by atoms with Crippen molar-refractivity contribution in [3.8, 4) is 5.75 Å². The van der Waals surface area contributed by atoms with Crippen molar-refractivity contribution in [2.45, 2.75) is 130 Å². The van der Waals surface area contributed by atoms with Crippen LogP contribution in [0, 0.1) is 6.92 Å². The number of rotatable bonds is 12. The van der Waals surface area contributed by atoms with Crippen LogP contribution < -0.4 is 4.52 Å². The van der Waals surface area contributed by atoms with Crippen molar-refractivity contribution in [2.24, 2.45) is 0 Å². The number of benzene rings is 3. The van der Waals surface area contributed by atoms with Crippen LogP contribution in [0.3, 0.4) is 0 Å². The van der Waals surface area contributed by atoms with Gasteiger partial charge in [-0.1, -0.05) is 128 Å². The van der Waals surface area contributed by atoms with E-state index in [4.69, 9.17) is 4.52 Å². The zero-order valence-electron chi connectivity index (χ0n) is 29.8. The molecule has 0 saturated heterocycles.